The lowest BCUT2D eigenvalue weighted by Gasteiger charge is -2.28. The molecule has 0 fully saturated rings. The standard InChI is InChI=1S/C16H16F4N4O/c1-10-4-5-11(17)8-12(10)14(22-21-9-25)15(2,3)24-7-6-13(23-24)16(18,19)20/h4-9H,1-3H3,(H,21,25). The summed E-state index contributed by atoms with van der Waals surface area (Å²) >= 11 is 0. The lowest BCUT2D eigenvalue weighted by Crippen LogP contribution is -2.39. The quantitative estimate of drug-likeness (QED) is 0.387. The van der Waals surface area contributed by atoms with Crippen molar-refractivity contribution in [2.24, 2.45) is 5.10 Å². The lowest BCUT2D eigenvalue weighted by atomic mass is 9.90. The first-order valence-electron chi connectivity index (χ1n) is 7.24. The fourth-order valence-corrected chi connectivity index (χ4v) is 2.36. The summed E-state index contributed by atoms with van der Waals surface area (Å²) in [6, 6.07) is 4.81. The van der Waals surface area contributed by atoms with E-state index in [1.54, 1.807) is 20.8 Å². The molecule has 0 saturated carbocycles. The maximum Gasteiger partial charge on any atom is 0.435 e. The number of carbonyl (C=O) groups excluding carboxylic acids is 1. The van der Waals surface area contributed by atoms with Crippen LogP contribution in [0.4, 0.5) is 17.6 Å². The van der Waals surface area contributed by atoms with Gasteiger partial charge in [0.05, 0.1) is 5.71 Å². The molecule has 1 aromatic carbocycles. The fraction of sp³-hybridized carbons (Fsp3) is 0.312. The Balaban J connectivity index is 2.58. The van der Waals surface area contributed by atoms with Crippen LogP contribution in [0.5, 0.6) is 0 Å². The first-order chi connectivity index (χ1) is 11.6. The van der Waals surface area contributed by atoms with Crippen molar-refractivity contribution in [2.75, 3.05) is 0 Å². The van der Waals surface area contributed by atoms with Crippen molar-refractivity contribution in [3.8, 4) is 0 Å². The molecule has 0 spiro atoms. The van der Waals surface area contributed by atoms with E-state index in [0.29, 0.717) is 17.5 Å². The minimum Gasteiger partial charge on any atom is -0.277 e. The predicted molar refractivity (Wildman–Crippen MR) is 83.4 cm³/mol. The molecule has 2 rings (SSSR count). The lowest BCUT2D eigenvalue weighted by molar-refractivity contribution is -0.141. The molecule has 134 valence electrons. The summed E-state index contributed by atoms with van der Waals surface area (Å²) in [5, 5.41) is 7.48. The average Bonchev–Trinajstić information content (AvgIpc) is 3.01. The third kappa shape index (κ3) is 3.86. The van der Waals surface area contributed by atoms with Crippen molar-refractivity contribution >= 4 is 12.1 Å². The highest BCUT2D eigenvalue weighted by molar-refractivity contribution is 6.06. The van der Waals surface area contributed by atoms with E-state index in [1.165, 1.54) is 18.2 Å². The molecule has 0 unspecified atom stereocenters. The van der Waals surface area contributed by atoms with Crippen molar-refractivity contribution in [1.29, 1.82) is 0 Å². The van der Waals surface area contributed by atoms with Gasteiger partial charge in [0.2, 0.25) is 6.41 Å². The van der Waals surface area contributed by atoms with Crippen molar-refractivity contribution in [1.82, 2.24) is 15.2 Å². The number of aromatic nitrogens is 2. The number of carbonyl (C=O) groups is 1. The van der Waals surface area contributed by atoms with Gasteiger partial charge in [-0.15, -0.1) is 0 Å². The molecule has 5 nitrogen and oxygen atoms in total. The number of nitrogens with one attached hydrogen (secondary N) is 1. The number of amides is 1. The number of benzene rings is 1. The van der Waals surface area contributed by atoms with Gasteiger partial charge in [0, 0.05) is 11.8 Å². The molecular weight excluding hydrogens is 340 g/mol. The van der Waals surface area contributed by atoms with E-state index < -0.39 is 23.2 Å². The molecule has 25 heavy (non-hydrogen) atoms. The van der Waals surface area contributed by atoms with Crippen molar-refractivity contribution < 1.29 is 22.4 Å². The summed E-state index contributed by atoms with van der Waals surface area (Å²) < 4.78 is 53.2. The summed E-state index contributed by atoms with van der Waals surface area (Å²) in [5.74, 6) is -0.536. The third-order valence-electron chi connectivity index (χ3n) is 3.72. The number of hydrogen-bond donors (Lipinski definition) is 1. The van der Waals surface area contributed by atoms with Crippen LogP contribution in [0.15, 0.2) is 35.6 Å². The first kappa shape index (κ1) is 18.6. The van der Waals surface area contributed by atoms with Crippen LogP contribution in [-0.4, -0.2) is 21.9 Å². The largest absolute Gasteiger partial charge is 0.435 e. The van der Waals surface area contributed by atoms with Gasteiger partial charge in [-0.3, -0.25) is 9.48 Å². The van der Waals surface area contributed by atoms with Gasteiger partial charge in [-0.2, -0.15) is 23.4 Å². The van der Waals surface area contributed by atoms with Gasteiger partial charge in [0.25, 0.3) is 0 Å². The Kier molecular flexibility index (Phi) is 4.96. The van der Waals surface area contributed by atoms with E-state index in [1.807, 2.05) is 0 Å². The van der Waals surface area contributed by atoms with Gasteiger partial charge in [-0.1, -0.05) is 6.07 Å². The Morgan fingerprint density at radius 2 is 1.96 bits per heavy atom. The molecule has 1 N–H and O–H groups in total. The zero-order valence-electron chi connectivity index (χ0n) is 13.7. The molecule has 0 aliphatic rings. The van der Waals surface area contributed by atoms with Gasteiger partial charge in [0.15, 0.2) is 5.69 Å². The smallest absolute Gasteiger partial charge is 0.277 e. The number of halogens is 4. The van der Waals surface area contributed by atoms with Crippen LogP contribution < -0.4 is 5.43 Å². The van der Waals surface area contributed by atoms with Crippen LogP contribution in [0.25, 0.3) is 0 Å². The Hall–Kier alpha value is -2.71. The summed E-state index contributed by atoms with van der Waals surface area (Å²) in [4.78, 5) is 10.6. The number of rotatable bonds is 5. The van der Waals surface area contributed by atoms with Gasteiger partial charge in [-0.05, 0) is 44.5 Å². The summed E-state index contributed by atoms with van der Waals surface area (Å²) in [6.07, 6.45) is -3.11. The molecule has 2 aromatic rings. The number of hydrazone groups is 1. The Morgan fingerprint density at radius 3 is 2.52 bits per heavy atom. The zero-order chi connectivity index (χ0) is 18.8. The Labute approximate surface area is 141 Å². The number of nitrogens with zero attached hydrogens (tertiary/aromatic N) is 3. The zero-order valence-corrected chi connectivity index (χ0v) is 13.7. The Morgan fingerprint density at radius 1 is 1.28 bits per heavy atom. The van der Waals surface area contributed by atoms with Crippen LogP contribution >= 0.6 is 0 Å². The fourth-order valence-electron chi connectivity index (χ4n) is 2.36. The summed E-state index contributed by atoms with van der Waals surface area (Å²) in [5.41, 5.74) is 1.03. The molecule has 0 saturated heterocycles. The van der Waals surface area contributed by atoms with Crippen LogP contribution in [-0.2, 0) is 16.5 Å². The molecule has 1 amide bonds. The molecule has 1 heterocycles. The SMILES string of the molecule is Cc1ccc(F)cc1C(=NNC=O)C(C)(C)n1ccc(C(F)(F)F)n1. The van der Waals surface area contributed by atoms with E-state index in [9.17, 15) is 22.4 Å². The highest BCUT2D eigenvalue weighted by atomic mass is 19.4. The predicted octanol–water partition coefficient (Wildman–Crippen LogP) is 3.23. The molecule has 1 aromatic heterocycles. The van der Waals surface area contributed by atoms with Crippen LogP contribution in [0.1, 0.15) is 30.7 Å². The first-order valence-corrected chi connectivity index (χ1v) is 7.24. The van der Waals surface area contributed by atoms with Crippen molar-refractivity contribution in [3.63, 3.8) is 0 Å². The third-order valence-corrected chi connectivity index (χ3v) is 3.72. The molecule has 0 aliphatic heterocycles. The minimum absolute atomic E-state index is 0.161. The number of alkyl halides is 3. The second-order valence-corrected chi connectivity index (χ2v) is 5.87. The van der Waals surface area contributed by atoms with Gasteiger partial charge >= 0.3 is 6.18 Å². The van der Waals surface area contributed by atoms with E-state index in [4.69, 9.17) is 0 Å². The Bertz CT molecular complexity index is 809. The van der Waals surface area contributed by atoms with Gasteiger partial charge < -0.3 is 0 Å². The molecule has 0 aliphatic carbocycles. The molecule has 0 radical (unpaired) electrons. The van der Waals surface area contributed by atoms with Crippen molar-refractivity contribution in [3.05, 3.63) is 53.1 Å². The van der Waals surface area contributed by atoms with E-state index in [-0.39, 0.29) is 5.71 Å². The number of aryl methyl sites for hydroxylation is 1. The second kappa shape index (κ2) is 6.66. The topological polar surface area (TPSA) is 59.3 Å². The molecule has 9 heteroatoms. The second-order valence-electron chi connectivity index (χ2n) is 5.87. The normalized spacial score (nSPS) is 13.0. The van der Waals surface area contributed by atoms with E-state index in [2.05, 4.69) is 15.6 Å². The van der Waals surface area contributed by atoms with Gasteiger partial charge in [-0.25, -0.2) is 9.82 Å². The summed E-state index contributed by atoms with van der Waals surface area (Å²) in [7, 11) is 0. The molecule has 0 bridgehead atoms. The minimum atomic E-state index is -4.59. The molecule has 0 atom stereocenters. The maximum atomic E-state index is 13.7. The van der Waals surface area contributed by atoms with Crippen LogP contribution in [0.2, 0.25) is 0 Å². The van der Waals surface area contributed by atoms with Crippen molar-refractivity contribution in [2.45, 2.75) is 32.5 Å². The van der Waals surface area contributed by atoms with Crippen LogP contribution in [0, 0.1) is 12.7 Å². The molecular formula is C16H16F4N4O. The van der Waals surface area contributed by atoms with Crippen LogP contribution in [0.3, 0.4) is 0 Å². The highest BCUT2D eigenvalue weighted by Crippen LogP contribution is 2.30. The monoisotopic (exact) mass is 356 g/mol. The number of hydrogen-bond acceptors (Lipinski definition) is 3. The highest BCUT2D eigenvalue weighted by Gasteiger charge is 2.37. The van der Waals surface area contributed by atoms with E-state index >= 15 is 0 Å². The van der Waals surface area contributed by atoms with Gasteiger partial charge in [0.1, 0.15) is 11.4 Å². The summed E-state index contributed by atoms with van der Waals surface area (Å²) in [6.45, 7) is 4.83. The average molecular weight is 356 g/mol. The van der Waals surface area contributed by atoms with E-state index in [0.717, 1.165) is 16.9 Å². The maximum absolute atomic E-state index is 13.7.